The van der Waals surface area contributed by atoms with Gasteiger partial charge >= 0.3 is 0 Å². The molecule has 0 aromatic heterocycles. The average molecular weight is 232 g/mol. The van der Waals surface area contributed by atoms with Crippen LogP contribution in [0, 0.1) is 5.82 Å². The molecule has 2 aromatic rings. The van der Waals surface area contributed by atoms with Gasteiger partial charge in [-0.25, -0.2) is 8.78 Å². The van der Waals surface area contributed by atoms with Crippen molar-refractivity contribution in [3.8, 4) is 11.1 Å². The molecule has 2 aromatic carbocycles. The van der Waals surface area contributed by atoms with Gasteiger partial charge in [0.05, 0.1) is 5.56 Å². The van der Waals surface area contributed by atoms with Crippen LogP contribution in [0.5, 0.6) is 0 Å². The van der Waals surface area contributed by atoms with Crippen molar-refractivity contribution in [2.75, 3.05) is 6.67 Å². The molecule has 3 heteroatoms. The first kappa shape index (κ1) is 11.5. The van der Waals surface area contributed by atoms with E-state index in [1.54, 1.807) is 6.07 Å². The van der Waals surface area contributed by atoms with Crippen LogP contribution in [0.15, 0.2) is 48.5 Å². The third-order valence-corrected chi connectivity index (χ3v) is 2.50. The number of hydrogen-bond donors (Lipinski definition) is 0. The van der Waals surface area contributed by atoms with Crippen LogP contribution in [0.2, 0.25) is 0 Å². The summed E-state index contributed by atoms with van der Waals surface area (Å²) in [4.78, 5) is 11.2. The molecule has 86 valence electrons. The molecule has 0 heterocycles. The Morgan fingerprint density at radius 2 is 1.71 bits per heavy atom. The minimum absolute atomic E-state index is 0.200. The zero-order valence-electron chi connectivity index (χ0n) is 8.99. The Bertz CT molecular complexity index is 535. The van der Waals surface area contributed by atoms with Gasteiger partial charge in [-0.15, -0.1) is 0 Å². The second-order valence-corrected chi connectivity index (χ2v) is 3.62. The Hall–Kier alpha value is -2.03. The maximum Gasteiger partial charge on any atom is 0.196 e. The fourth-order valence-corrected chi connectivity index (χ4v) is 1.62. The normalized spacial score (nSPS) is 10.2. The van der Waals surface area contributed by atoms with Crippen LogP contribution in [-0.4, -0.2) is 12.5 Å². The number of ketones is 1. The van der Waals surface area contributed by atoms with Crippen molar-refractivity contribution < 1.29 is 13.6 Å². The second kappa shape index (κ2) is 4.87. The third kappa shape index (κ3) is 2.38. The van der Waals surface area contributed by atoms with E-state index in [1.165, 1.54) is 12.1 Å². The van der Waals surface area contributed by atoms with E-state index in [0.29, 0.717) is 5.56 Å². The van der Waals surface area contributed by atoms with E-state index in [2.05, 4.69) is 0 Å². The standard InChI is InChI=1S/C14H10F2O/c15-9-14(17)12-8-11(6-7-13(12)16)10-4-2-1-3-5-10/h1-8H,9H2. The first-order chi connectivity index (χ1) is 8.22. The van der Waals surface area contributed by atoms with Gasteiger partial charge in [-0.05, 0) is 23.3 Å². The summed E-state index contributed by atoms with van der Waals surface area (Å²) in [7, 11) is 0. The molecule has 0 aliphatic rings. The van der Waals surface area contributed by atoms with Gasteiger partial charge in [-0.1, -0.05) is 36.4 Å². The van der Waals surface area contributed by atoms with Crippen LogP contribution in [-0.2, 0) is 0 Å². The molecule has 0 saturated heterocycles. The number of Topliss-reactive ketones (excluding diaryl/α,β-unsaturated/α-hetero) is 1. The van der Waals surface area contributed by atoms with Gasteiger partial charge in [0.2, 0.25) is 0 Å². The Kier molecular flexibility index (Phi) is 3.28. The van der Waals surface area contributed by atoms with Crippen LogP contribution in [0.25, 0.3) is 11.1 Å². The highest BCUT2D eigenvalue weighted by Gasteiger charge is 2.12. The molecule has 0 amide bonds. The fourth-order valence-electron chi connectivity index (χ4n) is 1.62. The number of carbonyl (C=O) groups excluding carboxylic acids is 1. The predicted molar refractivity (Wildman–Crippen MR) is 62.1 cm³/mol. The van der Waals surface area contributed by atoms with Crippen molar-refractivity contribution >= 4 is 5.78 Å². The van der Waals surface area contributed by atoms with Crippen LogP contribution in [0.3, 0.4) is 0 Å². The highest BCUT2D eigenvalue weighted by atomic mass is 19.1. The number of benzene rings is 2. The van der Waals surface area contributed by atoms with Gasteiger partial charge < -0.3 is 0 Å². The topological polar surface area (TPSA) is 17.1 Å². The molecule has 0 aliphatic carbocycles. The molecule has 0 saturated carbocycles. The SMILES string of the molecule is O=C(CF)c1cc(-c2ccccc2)ccc1F. The summed E-state index contributed by atoms with van der Waals surface area (Å²) >= 11 is 0. The molecule has 0 bridgehead atoms. The summed E-state index contributed by atoms with van der Waals surface area (Å²) in [5.41, 5.74) is 1.36. The maximum absolute atomic E-state index is 13.3. The Morgan fingerprint density at radius 3 is 2.35 bits per heavy atom. The summed E-state index contributed by atoms with van der Waals surface area (Å²) in [6, 6.07) is 13.4. The van der Waals surface area contributed by atoms with E-state index in [0.717, 1.165) is 5.56 Å². The molecule has 0 unspecified atom stereocenters. The summed E-state index contributed by atoms with van der Waals surface area (Å²) < 4.78 is 25.6. The molecule has 1 nitrogen and oxygen atoms in total. The van der Waals surface area contributed by atoms with E-state index in [-0.39, 0.29) is 5.56 Å². The lowest BCUT2D eigenvalue weighted by Crippen LogP contribution is -2.04. The van der Waals surface area contributed by atoms with Crippen molar-refractivity contribution in [1.82, 2.24) is 0 Å². The van der Waals surface area contributed by atoms with Gasteiger partial charge in [0.15, 0.2) is 12.5 Å². The minimum atomic E-state index is -1.19. The summed E-state index contributed by atoms with van der Waals surface area (Å²) in [5, 5.41) is 0. The van der Waals surface area contributed by atoms with Crippen molar-refractivity contribution in [1.29, 1.82) is 0 Å². The highest BCUT2D eigenvalue weighted by molar-refractivity contribution is 5.98. The van der Waals surface area contributed by atoms with Gasteiger partial charge in [0.25, 0.3) is 0 Å². The van der Waals surface area contributed by atoms with E-state index < -0.39 is 18.3 Å². The summed E-state index contributed by atoms with van der Waals surface area (Å²) in [5.74, 6) is -1.52. The van der Waals surface area contributed by atoms with E-state index >= 15 is 0 Å². The molecule has 2 rings (SSSR count). The zero-order chi connectivity index (χ0) is 12.3. The van der Waals surface area contributed by atoms with Gasteiger partial charge in [-0.3, -0.25) is 4.79 Å². The second-order valence-electron chi connectivity index (χ2n) is 3.62. The molecule has 0 N–H and O–H groups in total. The van der Waals surface area contributed by atoms with E-state index in [4.69, 9.17) is 0 Å². The van der Waals surface area contributed by atoms with E-state index in [1.807, 2.05) is 30.3 Å². The zero-order valence-corrected chi connectivity index (χ0v) is 8.99. The monoisotopic (exact) mass is 232 g/mol. The van der Waals surface area contributed by atoms with Crippen LogP contribution >= 0.6 is 0 Å². The average Bonchev–Trinajstić information content (AvgIpc) is 2.39. The van der Waals surface area contributed by atoms with Crippen LogP contribution in [0.4, 0.5) is 8.78 Å². The summed E-state index contributed by atoms with van der Waals surface area (Å²) in [6.45, 7) is -1.19. The Morgan fingerprint density at radius 1 is 1.00 bits per heavy atom. The van der Waals surface area contributed by atoms with Gasteiger partial charge in [0, 0.05) is 0 Å². The van der Waals surface area contributed by atoms with Gasteiger partial charge in [0.1, 0.15) is 5.82 Å². The maximum atomic E-state index is 13.3. The molecule has 0 radical (unpaired) electrons. The molecule has 0 fully saturated rings. The number of halogens is 2. The lowest BCUT2D eigenvalue weighted by Gasteiger charge is -2.05. The largest absolute Gasteiger partial charge is 0.291 e. The van der Waals surface area contributed by atoms with Crippen LogP contribution < -0.4 is 0 Å². The predicted octanol–water partition coefficient (Wildman–Crippen LogP) is 3.64. The molecule has 0 spiro atoms. The number of carbonyl (C=O) groups is 1. The smallest absolute Gasteiger partial charge is 0.196 e. The molecule has 17 heavy (non-hydrogen) atoms. The van der Waals surface area contributed by atoms with Crippen molar-refractivity contribution in [2.24, 2.45) is 0 Å². The fraction of sp³-hybridized carbons (Fsp3) is 0.0714. The third-order valence-electron chi connectivity index (χ3n) is 2.50. The Balaban J connectivity index is 2.48. The first-order valence-corrected chi connectivity index (χ1v) is 5.16. The molecular formula is C14H10F2O. The first-order valence-electron chi connectivity index (χ1n) is 5.16. The lowest BCUT2D eigenvalue weighted by molar-refractivity contribution is 0.0955. The highest BCUT2D eigenvalue weighted by Crippen LogP contribution is 2.22. The molecule has 0 atom stereocenters. The van der Waals surface area contributed by atoms with Crippen molar-refractivity contribution in [3.05, 3.63) is 59.9 Å². The number of hydrogen-bond acceptors (Lipinski definition) is 1. The lowest BCUT2D eigenvalue weighted by atomic mass is 10.0. The quantitative estimate of drug-likeness (QED) is 0.738. The van der Waals surface area contributed by atoms with Crippen molar-refractivity contribution in [3.63, 3.8) is 0 Å². The summed E-state index contributed by atoms with van der Waals surface area (Å²) in [6.07, 6.45) is 0. The molecule has 0 aliphatic heterocycles. The van der Waals surface area contributed by atoms with Gasteiger partial charge in [-0.2, -0.15) is 0 Å². The van der Waals surface area contributed by atoms with E-state index in [9.17, 15) is 13.6 Å². The van der Waals surface area contributed by atoms with Crippen molar-refractivity contribution in [2.45, 2.75) is 0 Å². The molecular weight excluding hydrogens is 222 g/mol. The minimum Gasteiger partial charge on any atom is -0.291 e. The number of rotatable bonds is 3. The van der Waals surface area contributed by atoms with Crippen LogP contribution in [0.1, 0.15) is 10.4 Å². The Labute approximate surface area is 97.7 Å². The number of alkyl halides is 1.